The van der Waals surface area contributed by atoms with E-state index in [9.17, 15) is 4.79 Å². The molecule has 178 valence electrons. The van der Waals surface area contributed by atoms with Gasteiger partial charge in [-0.25, -0.2) is 4.98 Å². The molecule has 0 saturated carbocycles. The Morgan fingerprint density at radius 1 is 0.943 bits per heavy atom. The Morgan fingerprint density at radius 2 is 1.60 bits per heavy atom. The van der Waals surface area contributed by atoms with E-state index in [1.54, 1.807) is 7.11 Å². The lowest BCUT2D eigenvalue weighted by Crippen LogP contribution is -2.22. The van der Waals surface area contributed by atoms with Crippen molar-refractivity contribution in [3.05, 3.63) is 84.2 Å². The number of benzene rings is 3. The summed E-state index contributed by atoms with van der Waals surface area (Å²) in [6.45, 7) is 1.87. The minimum Gasteiger partial charge on any atom is -0.496 e. The summed E-state index contributed by atoms with van der Waals surface area (Å²) in [4.78, 5) is 18.3. The number of rotatable bonds is 8. The van der Waals surface area contributed by atoms with Gasteiger partial charge in [-0.2, -0.15) is 0 Å². The number of hydrogen-bond acceptors (Lipinski definition) is 6. The number of carbonyl (C=O) groups excluding carboxylic acids is 1. The van der Waals surface area contributed by atoms with Gasteiger partial charge in [-0.15, -0.1) is 23.1 Å². The second-order valence-electron chi connectivity index (χ2n) is 7.46. The number of methoxy groups -OCH3 is 1. The number of para-hydroxylation sites is 2. The zero-order chi connectivity index (χ0) is 24.6. The molecule has 3 aromatic carbocycles. The Labute approximate surface area is 218 Å². The molecule has 35 heavy (non-hydrogen) atoms. The van der Waals surface area contributed by atoms with E-state index in [0.29, 0.717) is 10.2 Å². The molecule has 3 N–H and O–H groups in total. The fourth-order valence-corrected chi connectivity index (χ4v) is 5.02. The first kappa shape index (κ1) is 24.7. The molecule has 0 spiro atoms. The maximum absolute atomic E-state index is 12.7. The second kappa shape index (κ2) is 11.8. The Balaban J connectivity index is 1.30. The van der Waals surface area contributed by atoms with Crippen molar-refractivity contribution in [3.63, 3.8) is 0 Å². The lowest BCUT2D eigenvalue weighted by molar-refractivity contribution is -0.115. The molecule has 1 aromatic heterocycles. The predicted molar refractivity (Wildman–Crippen MR) is 151 cm³/mol. The van der Waals surface area contributed by atoms with Crippen LogP contribution in [0, 0.1) is 0 Å². The molecule has 0 aliphatic heterocycles. The predicted octanol–water partition coefficient (Wildman–Crippen LogP) is 6.75. The van der Waals surface area contributed by atoms with Gasteiger partial charge in [0.15, 0.2) is 10.2 Å². The van der Waals surface area contributed by atoms with E-state index >= 15 is 0 Å². The van der Waals surface area contributed by atoms with Gasteiger partial charge in [0.05, 0.1) is 18.1 Å². The van der Waals surface area contributed by atoms with Gasteiger partial charge in [-0.1, -0.05) is 30.3 Å². The van der Waals surface area contributed by atoms with Crippen molar-refractivity contribution in [2.75, 3.05) is 23.1 Å². The Kier molecular flexibility index (Phi) is 8.36. The van der Waals surface area contributed by atoms with Crippen LogP contribution in [0.3, 0.4) is 0 Å². The standard InChI is InChI=1S/C26H24N4O2S3/c1-17(24(31)30-26-29-22(16-34-26)21-10-6-7-11-23(21)32-2)35-20-14-12-19(13-15-20)28-25(33)27-18-8-4-3-5-9-18/h3-17H,1-2H3,(H2,27,28,33)(H,29,30,31). The molecule has 0 aliphatic carbocycles. The number of hydrogen-bond donors (Lipinski definition) is 3. The van der Waals surface area contributed by atoms with Crippen molar-refractivity contribution in [1.82, 2.24) is 4.98 Å². The third-order valence-electron chi connectivity index (χ3n) is 4.94. The van der Waals surface area contributed by atoms with Crippen LogP contribution < -0.4 is 20.7 Å². The Morgan fingerprint density at radius 3 is 2.31 bits per heavy atom. The maximum atomic E-state index is 12.7. The number of nitrogens with one attached hydrogen (secondary N) is 3. The fourth-order valence-electron chi connectivity index (χ4n) is 3.21. The summed E-state index contributed by atoms with van der Waals surface area (Å²) in [5.41, 5.74) is 3.45. The molecule has 0 bridgehead atoms. The third kappa shape index (κ3) is 6.82. The summed E-state index contributed by atoms with van der Waals surface area (Å²) in [5, 5.41) is 11.9. The zero-order valence-electron chi connectivity index (χ0n) is 19.1. The van der Waals surface area contributed by atoms with Crippen molar-refractivity contribution in [2.45, 2.75) is 17.1 Å². The van der Waals surface area contributed by atoms with Crippen LogP contribution in [0.15, 0.2) is 89.1 Å². The van der Waals surface area contributed by atoms with Gasteiger partial charge in [0.2, 0.25) is 5.91 Å². The molecule has 1 unspecified atom stereocenters. The Bertz CT molecular complexity index is 1290. The van der Waals surface area contributed by atoms with Gasteiger partial charge < -0.3 is 20.7 Å². The van der Waals surface area contributed by atoms with Gasteiger partial charge in [-0.05, 0) is 67.7 Å². The minimum atomic E-state index is -0.298. The highest BCUT2D eigenvalue weighted by molar-refractivity contribution is 8.00. The molecule has 4 rings (SSSR count). The summed E-state index contributed by atoms with van der Waals surface area (Å²) in [7, 11) is 1.63. The highest BCUT2D eigenvalue weighted by Crippen LogP contribution is 2.32. The van der Waals surface area contributed by atoms with Crippen molar-refractivity contribution in [2.24, 2.45) is 0 Å². The highest BCUT2D eigenvalue weighted by Gasteiger charge is 2.17. The van der Waals surface area contributed by atoms with Crippen LogP contribution in [0.1, 0.15) is 6.92 Å². The summed E-state index contributed by atoms with van der Waals surface area (Å²) in [5.74, 6) is 0.639. The Hall–Kier alpha value is -3.40. The van der Waals surface area contributed by atoms with E-state index in [4.69, 9.17) is 17.0 Å². The normalized spacial score (nSPS) is 11.4. The molecular formula is C26H24N4O2S3. The number of anilines is 3. The number of thiocarbonyl (C=S) groups is 1. The lowest BCUT2D eigenvalue weighted by atomic mass is 10.1. The number of thiazole rings is 1. The first-order chi connectivity index (χ1) is 17.0. The van der Waals surface area contributed by atoms with E-state index in [1.165, 1.54) is 23.1 Å². The van der Waals surface area contributed by atoms with E-state index in [0.717, 1.165) is 33.3 Å². The summed E-state index contributed by atoms with van der Waals surface area (Å²) < 4.78 is 5.41. The lowest BCUT2D eigenvalue weighted by Gasteiger charge is -2.13. The molecular weight excluding hydrogens is 497 g/mol. The van der Waals surface area contributed by atoms with E-state index in [-0.39, 0.29) is 11.2 Å². The zero-order valence-corrected chi connectivity index (χ0v) is 21.6. The molecule has 1 atom stereocenters. The molecule has 1 heterocycles. The number of thioether (sulfide) groups is 1. The summed E-state index contributed by atoms with van der Waals surface area (Å²) in [6, 6.07) is 25.2. The monoisotopic (exact) mass is 520 g/mol. The summed E-state index contributed by atoms with van der Waals surface area (Å²) in [6.07, 6.45) is 0. The number of amides is 1. The molecule has 4 aromatic rings. The average Bonchev–Trinajstić information content (AvgIpc) is 3.34. The largest absolute Gasteiger partial charge is 0.496 e. The average molecular weight is 521 g/mol. The highest BCUT2D eigenvalue weighted by atomic mass is 32.2. The molecule has 0 aliphatic rings. The maximum Gasteiger partial charge on any atom is 0.239 e. The fraction of sp³-hybridized carbons (Fsp3) is 0.115. The first-order valence-corrected chi connectivity index (χ1v) is 13.0. The van der Waals surface area contributed by atoms with Gasteiger partial charge >= 0.3 is 0 Å². The SMILES string of the molecule is COc1ccccc1-c1csc(NC(=O)C(C)Sc2ccc(NC(=S)Nc3ccccc3)cc2)n1. The quantitative estimate of drug-likeness (QED) is 0.175. The van der Waals surface area contributed by atoms with Gasteiger partial charge in [-0.3, -0.25) is 4.79 Å². The van der Waals surface area contributed by atoms with Gasteiger partial charge in [0.25, 0.3) is 0 Å². The van der Waals surface area contributed by atoms with Crippen LogP contribution in [-0.4, -0.2) is 28.4 Å². The van der Waals surface area contributed by atoms with Crippen LogP contribution in [0.25, 0.3) is 11.3 Å². The molecule has 6 nitrogen and oxygen atoms in total. The second-order valence-corrected chi connectivity index (χ2v) is 10.1. The molecule has 0 saturated heterocycles. The summed E-state index contributed by atoms with van der Waals surface area (Å²) >= 11 is 8.24. The van der Waals surface area contributed by atoms with Crippen molar-refractivity contribution in [3.8, 4) is 17.0 Å². The van der Waals surface area contributed by atoms with Gasteiger partial charge in [0, 0.05) is 27.2 Å². The van der Waals surface area contributed by atoms with E-state index < -0.39 is 0 Å². The van der Waals surface area contributed by atoms with Crippen LogP contribution in [0.2, 0.25) is 0 Å². The third-order valence-corrected chi connectivity index (χ3v) is 7.02. The van der Waals surface area contributed by atoms with Crippen LogP contribution in [0.5, 0.6) is 5.75 Å². The minimum absolute atomic E-state index is 0.105. The number of aromatic nitrogens is 1. The smallest absolute Gasteiger partial charge is 0.239 e. The number of ether oxygens (including phenoxy) is 1. The molecule has 1 amide bonds. The van der Waals surface area contributed by atoms with Crippen molar-refractivity contribution < 1.29 is 9.53 Å². The molecule has 9 heteroatoms. The van der Waals surface area contributed by atoms with Crippen LogP contribution in [-0.2, 0) is 4.79 Å². The van der Waals surface area contributed by atoms with Crippen molar-refractivity contribution in [1.29, 1.82) is 0 Å². The molecule has 0 radical (unpaired) electrons. The van der Waals surface area contributed by atoms with Gasteiger partial charge in [0.1, 0.15) is 5.75 Å². The van der Waals surface area contributed by atoms with Crippen molar-refractivity contribution >= 4 is 62.8 Å². The number of carbonyl (C=O) groups is 1. The van der Waals surface area contributed by atoms with Crippen LogP contribution >= 0.6 is 35.3 Å². The number of nitrogens with zero attached hydrogens (tertiary/aromatic N) is 1. The first-order valence-electron chi connectivity index (χ1n) is 10.8. The van der Waals surface area contributed by atoms with Crippen LogP contribution in [0.4, 0.5) is 16.5 Å². The van der Waals surface area contributed by atoms with E-state index in [1.807, 2.05) is 91.2 Å². The van der Waals surface area contributed by atoms with E-state index in [2.05, 4.69) is 20.9 Å². The molecule has 0 fully saturated rings. The topological polar surface area (TPSA) is 75.3 Å².